The van der Waals surface area contributed by atoms with E-state index in [-0.39, 0.29) is 6.04 Å². The SMILES string of the molecule is CCOc1cccc(C(CN)N(C)c2ccc(C)cc2)c1. The molecule has 0 aromatic heterocycles. The molecule has 2 aromatic carbocycles. The van der Waals surface area contributed by atoms with Gasteiger partial charge in [0.25, 0.3) is 0 Å². The molecule has 112 valence electrons. The van der Waals surface area contributed by atoms with E-state index in [4.69, 9.17) is 10.5 Å². The quantitative estimate of drug-likeness (QED) is 0.882. The van der Waals surface area contributed by atoms with Crippen molar-refractivity contribution in [2.24, 2.45) is 5.73 Å². The van der Waals surface area contributed by atoms with Crippen LogP contribution >= 0.6 is 0 Å². The monoisotopic (exact) mass is 284 g/mol. The Hall–Kier alpha value is -2.00. The molecule has 3 heteroatoms. The second-order valence-electron chi connectivity index (χ2n) is 5.20. The summed E-state index contributed by atoms with van der Waals surface area (Å²) in [5.74, 6) is 0.894. The highest BCUT2D eigenvalue weighted by Crippen LogP contribution is 2.27. The highest BCUT2D eigenvalue weighted by atomic mass is 16.5. The van der Waals surface area contributed by atoms with Crippen molar-refractivity contribution >= 4 is 5.69 Å². The minimum atomic E-state index is 0.133. The van der Waals surface area contributed by atoms with Crippen LogP contribution in [0.2, 0.25) is 0 Å². The average Bonchev–Trinajstić information content (AvgIpc) is 2.49. The number of ether oxygens (including phenoxy) is 1. The van der Waals surface area contributed by atoms with Crippen molar-refractivity contribution < 1.29 is 4.74 Å². The normalized spacial score (nSPS) is 12.0. The highest BCUT2D eigenvalue weighted by molar-refractivity contribution is 5.49. The molecule has 0 fully saturated rings. The van der Waals surface area contributed by atoms with E-state index < -0.39 is 0 Å². The number of nitrogens with zero attached hydrogens (tertiary/aromatic N) is 1. The Morgan fingerprint density at radius 1 is 1.14 bits per heavy atom. The molecule has 0 amide bonds. The maximum Gasteiger partial charge on any atom is 0.119 e. The van der Waals surface area contributed by atoms with E-state index in [1.54, 1.807) is 0 Å². The molecule has 1 atom stereocenters. The Labute approximate surface area is 127 Å². The molecule has 21 heavy (non-hydrogen) atoms. The first-order valence-electron chi connectivity index (χ1n) is 7.38. The zero-order valence-electron chi connectivity index (χ0n) is 13.0. The summed E-state index contributed by atoms with van der Waals surface area (Å²) in [6.45, 7) is 5.31. The Morgan fingerprint density at radius 3 is 2.48 bits per heavy atom. The lowest BCUT2D eigenvalue weighted by atomic mass is 10.0. The van der Waals surface area contributed by atoms with Gasteiger partial charge in [0.2, 0.25) is 0 Å². The Kier molecular flexibility index (Phi) is 5.23. The van der Waals surface area contributed by atoms with Crippen LogP contribution in [0.25, 0.3) is 0 Å². The van der Waals surface area contributed by atoms with Crippen molar-refractivity contribution in [1.82, 2.24) is 0 Å². The predicted molar refractivity (Wildman–Crippen MR) is 89.0 cm³/mol. The van der Waals surface area contributed by atoms with Crippen molar-refractivity contribution in [3.05, 3.63) is 59.7 Å². The first kappa shape index (κ1) is 15.4. The molecule has 3 nitrogen and oxygen atoms in total. The fourth-order valence-corrected chi connectivity index (χ4v) is 2.46. The molecule has 0 aliphatic rings. The maximum absolute atomic E-state index is 6.01. The lowest BCUT2D eigenvalue weighted by Gasteiger charge is -2.30. The van der Waals surface area contributed by atoms with E-state index in [0.29, 0.717) is 13.2 Å². The third kappa shape index (κ3) is 3.76. The molecule has 1 unspecified atom stereocenters. The molecule has 2 rings (SSSR count). The smallest absolute Gasteiger partial charge is 0.119 e. The second kappa shape index (κ2) is 7.14. The van der Waals surface area contributed by atoms with E-state index in [0.717, 1.165) is 11.4 Å². The first-order chi connectivity index (χ1) is 10.2. The third-order valence-electron chi connectivity index (χ3n) is 3.69. The summed E-state index contributed by atoms with van der Waals surface area (Å²) in [7, 11) is 2.08. The van der Waals surface area contributed by atoms with Gasteiger partial charge in [-0.3, -0.25) is 0 Å². The number of rotatable bonds is 6. The van der Waals surface area contributed by atoms with Crippen molar-refractivity contribution in [2.45, 2.75) is 19.9 Å². The van der Waals surface area contributed by atoms with Gasteiger partial charge in [0, 0.05) is 19.3 Å². The standard InChI is InChI=1S/C18H24N2O/c1-4-21-17-7-5-6-15(12-17)18(13-19)20(3)16-10-8-14(2)9-11-16/h5-12,18H,4,13,19H2,1-3H3. The molecule has 2 aromatic rings. The second-order valence-corrected chi connectivity index (χ2v) is 5.20. The fraction of sp³-hybridized carbons (Fsp3) is 0.333. The van der Waals surface area contributed by atoms with E-state index >= 15 is 0 Å². The third-order valence-corrected chi connectivity index (χ3v) is 3.69. The number of hydrogen-bond acceptors (Lipinski definition) is 3. The summed E-state index contributed by atoms with van der Waals surface area (Å²) in [5, 5.41) is 0. The van der Waals surface area contributed by atoms with Gasteiger partial charge in [-0.1, -0.05) is 29.8 Å². The van der Waals surface area contributed by atoms with Gasteiger partial charge < -0.3 is 15.4 Å². The van der Waals surface area contributed by atoms with E-state index in [1.165, 1.54) is 11.1 Å². The molecular formula is C18H24N2O. The van der Waals surface area contributed by atoms with Gasteiger partial charge in [-0.05, 0) is 43.7 Å². The van der Waals surface area contributed by atoms with Gasteiger partial charge in [-0.2, -0.15) is 0 Å². The lowest BCUT2D eigenvalue weighted by Crippen LogP contribution is -2.30. The molecule has 0 heterocycles. The molecule has 0 spiro atoms. The highest BCUT2D eigenvalue weighted by Gasteiger charge is 2.16. The van der Waals surface area contributed by atoms with Crippen molar-refractivity contribution in [3.8, 4) is 5.75 Å². The zero-order valence-corrected chi connectivity index (χ0v) is 13.0. The summed E-state index contributed by atoms with van der Waals surface area (Å²) in [5.41, 5.74) is 9.61. The van der Waals surface area contributed by atoms with Crippen LogP contribution in [0.3, 0.4) is 0 Å². The van der Waals surface area contributed by atoms with Gasteiger partial charge in [-0.15, -0.1) is 0 Å². The number of benzene rings is 2. The maximum atomic E-state index is 6.01. The van der Waals surface area contributed by atoms with Crippen LogP contribution in [0, 0.1) is 6.92 Å². The van der Waals surface area contributed by atoms with E-state index in [1.807, 2.05) is 19.1 Å². The molecule has 0 radical (unpaired) electrons. The molecule has 0 aliphatic carbocycles. The van der Waals surface area contributed by atoms with Crippen LogP contribution in [0.15, 0.2) is 48.5 Å². The number of likely N-dealkylation sites (N-methyl/N-ethyl adjacent to an activating group) is 1. The van der Waals surface area contributed by atoms with E-state index in [9.17, 15) is 0 Å². The molecule has 0 saturated heterocycles. The van der Waals surface area contributed by atoms with Crippen molar-refractivity contribution in [3.63, 3.8) is 0 Å². The molecule has 0 aliphatic heterocycles. The summed E-state index contributed by atoms with van der Waals surface area (Å²) in [4.78, 5) is 2.21. The largest absolute Gasteiger partial charge is 0.494 e. The van der Waals surface area contributed by atoms with Gasteiger partial charge in [0.05, 0.1) is 12.6 Å². The molecular weight excluding hydrogens is 260 g/mol. The number of nitrogens with two attached hydrogens (primary N) is 1. The molecule has 0 saturated carbocycles. The number of aryl methyl sites for hydroxylation is 1. The Bertz CT molecular complexity index is 566. The Morgan fingerprint density at radius 2 is 1.86 bits per heavy atom. The first-order valence-corrected chi connectivity index (χ1v) is 7.38. The van der Waals surface area contributed by atoms with Gasteiger partial charge in [0.15, 0.2) is 0 Å². The fourth-order valence-electron chi connectivity index (χ4n) is 2.46. The number of hydrogen-bond donors (Lipinski definition) is 1. The summed E-state index contributed by atoms with van der Waals surface area (Å²) in [6, 6.07) is 16.8. The predicted octanol–water partition coefficient (Wildman–Crippen LogP) is 3.53. The van der Waals surface area contributed by atoms with Gasteiger partial charge >= 0.3 is 0 Å². The van der Waals surface area contributed by atoms with E-state index in [2.05, 4.69) is 55.3 Å². The van der Waals surface area contributed by atoms with Gasteiger partial charge in [0.1, 0.15) is 5.75 Å². The van der Waals surface area contributed by atoms with Crippen LogP contribution in [0.5, 0.6) is 5.75 Å². The van der Waals surface area contributed by atoms with Crippen LogP contribution in [0.4, 0.5) is 5.69 Å². The summed E-state index contributed by atoms with van der Waals surface area (Å²) >= 11 is 0. The summed E-state index contributed by atoms with van der Waals surface area (Å²) < 4.78 is 5.58. The molecule has 2 N–H and O–H groups in total. The van der Waals surface area contributed by atoms with Crippen LogP contribution in [-0.2, 0) is 0 Å². The number of anilines is 1. The van der Waals surface area contributed by atoms with Crippen LogP contribution < -0.4 is 15.4 Å². The van der Waals surface area contributed by atoms with Crippen LogP contribution in [-0.4, -0.2) is 20.2 Å². The van der Waals surface area contributed by atoms with Crippen molar-refractivity contribution in [2.75, 3.05) is 25.1 Å². The summed E-state index contributed by atoms with van der Waals surface area (Å²) in [6.07, 6.45) is 0. The minimum absolute atomic E-state index is 0.133. The Balaban J connectivity index is 2.25. The minimum Gasteiger partial charge on any atom is -0.494 e. The lowest BCUT2D eigenvalue weighted by molar-refractivity contribution is 0.339. The van der Waals surface area contributed by atoms with Crippen LogP contribution in [0.1, 0.15) is 24.1 Å². The van der Waals surface area contributed by atoms with Gasteiger partial charge in [-0.25, -0.2) is 0 Å². The average molecular weight is 284 g/mol. The zero-order chi connectivity index (χ0) is 15.2. The van der Waals surface area contributed by atoms with Crippen molar-refractivity contribution in [1.29, 1.82) is 0 Å². The topological polar surface area (TPSA) is 38.5 Å². The molecule has 0 bridgehead atoms.